The van der Waals surface area contributed by atoms with E-state index in [0.29, 0.717) is 0 Å². The van der Waals surface area contributed by atoms with Gasteiger partial charge < -0.3 is 4.90 Å². The molecule has 0 aliphatic heterocycles. The van der Waals surface area contributed by atoms with Gasteiger partial charge in [0.25, 0.3) is 0 Å². The normalized spacial score (nSPS) is 35.4. The number of thiazole rings is 1. The highest BCUT2D eigenvalue weighted by Gasteiger charge is 2.11. The van der Waals surface area contributed by atoms with Crippen LogP contribution in [0.15, 0.2) is 3.79 Å². The standard InChI is InChI=1S/C10H17BrN2S/c1-4-7-8-9(11)14-10(12-8)13(5-2)6-3/h4-7H2,1-3H3/i1D3,2D3,3D3,4D2,5D2,6D2,7D2. The van der Waals surface area contributed by atoms with E-state index in [4.69, 9.17) is 23.3 Å². The third-order valence-electron chi connectivity index (χ3n) is 1.17. The fourth-order valence-corrected chi connectivity index (χ4v) is 1.94. The molecule has 0 N–H and O–H groups in total. The van der Waals surface area contributed by atoms with Crippen molar-refractivity contribution in [1.29, 1.82) is 0 Å². The molecule has 0 aliphatic carbocycles. The van der Waals surface area contributed by atoms with Gasteiger partial charge in [0.05, 0.1) is 9.48 Å². The van der Waals surface area contributed by atoms with Gasteiger partial charge in [0.1, 0.15) is 0 Å². The second-order valence-electron chi connectivity index (χ2n) is 1.93. The highest BCUT2D eigenvalue weighted by Crippen LogP contribution is 2.31. The number of hydrogen-bond donors (Lipinski definition) is 0. The number of nitrogens with zero attached hydrogens (tertiary/aromatic N) is 2. The maximum absolute atomic E-state index is 8.00. The molecule has 0 saturated heterocycles. The first-order chi connectivity index (χ1) is 13.2. The molecule has 80 valence electrons. The van der Waals surface area contributed by atoms with Crippen LogP contribution in [0.4, 0.5) is 5.13 Å². The Hall–Kier alpha value is -0.0900. The summed E-state index contributed by atoms with van der Waals surface area (Å²) >= 11 is 3.05. The van der Waals surface area contributed by atoms with E-state index in [2.05, 4.69) is 20.9 Å². The Morgan fingerprint density at radius 3 is 2.93 bits per heavy atom. The van der Waals surface area contributed by atoms with Crippen LogP contribution in [0.25, 0.3) is 0 Å². The Balaban J connectivity index is 3.86. The van der Waals surface area contributed by atoms with E-state index in [0.717, 1.165) is 0 Å². The lowest BCUT2D eigenvalue weighted by atomic mass is 10.3. The predicted octanol–water partition coefficient (Wildman–Crippen LogP) is 3.70. The minimum atomic E-state index is -3.66. The van der Waals surface area contributed by atoms with Crippen molar-refractivity contribution in [3.8, 4) is 0 Å². The molecular formula is C10H17BrN2S. The molecular weight excluding hydrogens is 260 g/mol. The van der Waals surface area contributed by atoms with Crippen molar-refractivity contribution in [1.82, 2.24) is 4.98 Å². The summed E-state index contributed by atoms with van der Waals surface area (Å²) in [5.74, 6) is 0. The Morgan fingerprint density at radius 1 is 1.50 bits per heavy atom. The van der Waals surface area contributed by atoms with Crippen LogP contribution in [0.5, 0.6) is 0 Å². The zero-order chi connectivity index (χ0) is 25.2. The summed E-state index contributed by atoms with van der Waals surface area (Å²) in [6.07, 6.45) is -6.87. The Bertz CT molecular complexity index is 777. The fourth-order valence-electron chi connectivity index (χ4n) is 0.646. The third kappa shape index (κ3) is 2.70. The van der Waals surface area contributed by atoms with Crippen LogP contribution in [0.2, 0.25) is 0 Å². The Morgan fingerprint density at radius 2 is 2.29 bits per heavy atom. The van der Waals surface area contributed by atoms with Crippen molar-refractivity contribution >= 4 is 32.4 Å². The van der Waals surface area contributed by atoms with Gasteiger partial charge in [0, 0.05) is 36.3 Å². The number of aromatic nitrogens is 1. The van der Waals surface area contributed by atoms with Crippen molar-refractivity contribution in [2.24, 2.45) is 0 Å². The predicted molar refractivity (Wildman–Crippen MR) is 67.4 cm³/mol. The maximum Gasteiger partial charge on any atom is 0.186 e. The summed E-state index contributed by atoms with van der Waals surface area (Å²) in [6.45, 7) is -18.0. The second kappa shape index (κ2) is 5.71. The molecule has 0 aromatic carbocycles. The molecule has 1 aromatic heterocycles. The van der Waals surface area contributed by atoms with E-state index in [1.54, 1.807) is 0 Å². The lowest BCUT2D eigenvalue weighted by Gasteiger charge is -2.16. The van der Waals surface area contributed by atoms with Gasteiger partial charge in [0.15, 0.2) is 5.13 Å². The molecule has 1 rings (SSSR count). The number of aryl methyl sites for hydroxylation is 1. The highest BCUT2D eigenvalue weighted by atomic mass is 79.9. The quantitative estimate of drug-likeness (QED) is 0.823. The number of halogens is 1. The van der Waals surface area contributed by atoms with Crippen LogP contribution in [0.3, 0.4) is 0 Å². The van der Waals surface area contributed by atoms with E-state index in [1.165, 1.54) is 0 Å². The molecule has 4 heteroatoms. The average Bonchev–Trinajstić information content (AvgIpc) is 2.84. The first kappa shape index (κ1) is 2.43. The molecule has 2 nitrogen and oxygen atoms in total. The molecule has 1 aromatic rings. The fraction of sp³-hybridized carbons (Fsp3) is 0.700. The molecule has 1 heterocycles. The first-order valence-electron chi connectivity index (χ1n) is 11.7. The maximum atomic E-state index is 8.00. The SMILES string of the molecule is [2H]C([2H])([2H])C([2H])([2H])N(c1nc(C([2H])([2H])C([2H])([2H])C([2H])([2H])[2H])c(Br)s1)C([2H])([2H])C([2H])([2H])[2H]. The number of hydrogen-bond acceptors (Lipinski definition) is 3. The van der Waals surface area contributed by atoms with Crippen molar-refractivity contribution in [2.75, 3.05) is 17.9 Å². The van der Waals surface area contributed by atoms with Gasteiger partial charge in [-0.2, -0.15) is 0 Å². The molecule has 0 bridgehead atoms. The van der Waals surface area contributed by atoms with Gasteiger partial charge in [-0.05, 0) is 36.0 Å². The smallest absolute Gasteiger partial charge is 0.186 e. The van der Waals surface area contributed by atoms with Crippen LogP contribution in [-0.2, 0) is 6.37 Å². The summed E-state index contributed by atoms with van der Waals surface area (Å²) in [5.41, 5.74) is -0.929. The van der Waals surface area contributed by atoms with Crippen molar-refractivity contribution in [3.63, 3.8) is 0 Å². The van der Waals surface area contributed by atoms with E-state index in [9.17, 15) is 0 Å². The summed E-state index contributed by atoms with van der Waals surface area (Å²) in [7, 11) is 0. The summed E-state index contributed by atoms with van der Waals surface area (Å²) in [4.78, 5) is 3.30. The summed E-state index contributed by atoms with van der Waals surface area (Å²) in [5, 5.41) is -0.950. The number of anilines is 1. The monoisotopic (exact) mass is 293 g/mol. The van der Waals surface area contributed by atoms with Crippen LogP contribution in [-0.4, -0.2) is 18.0 Å². The molecule has 0 spiro atoms. The average molecular weight is 294 g/mol. The lowest BCUT2D eigenvalue weighted by molar-refractivity contribution is 0.840. The Kier molecular flexibility index (Phi) is 0.989. The molecule has 14 heavy (non-hydrogen) atoms. The van der Waals surface area contributed by atoms with Gasteiger partial charge >= 0.3 is 0 Å². The molecule has 0 aliphatic rings. The largest absolute Gasteiger partial charge is 0.349 e. The second-order valence-corrected chi connectivity index (χ2v) is 4.22. The molecule has 0 fully saturated rings. The van der Waals surface area contributed by atoms with Crippen molar-refractivity contribution in [2.45, 2.75) is 33.3 Å². The van der Waals surface area contributed by atoms with Gasteiger partial charge in [-0.3, -0.25) is 0 Å². The van der Waals surface area contributed by atoms with Gasteiger partial charge in [0.2, 0.25) is 0 Å². The minimum absolute atomic E-state index is 0.223. The molecule has 0 atom stereocenters. The Labute approximate surface area is 122 Å². The van der Waals surface area contributed by atoms with Gasteiger partial charge in [-0.25, -0.2) is 4.98 Å². The zero-order valence-corrected chi connectivity index (χ0v) is 9.08. The van der Waals surface area contributed by atoms with E-state index >= 15 is 0 Å². The molecule has 0 radical (unpaired) electrons. The van der Waals surface area contributed by atoms with Crippen molar-refractivity contribution < 1.29 is 23.3 Å². The first-order valence-corrected chi connectivity index (χ1v) is 4.82. The van der Waals surface area contributed by atoms with Crippen LogP contribution in [0, 0.1) is 0 Å². The lowest BCUT2D eigenvalue weighted by Crippen LogP contribution is -2.21. The topological polar surface area (TPSA) is 16.1 Å². The van der Waals surface area contributed by atoms with E-state index < -0.39 is 60.9 Å². The minimum Gasteiger partial charge on any atom is -0.349 e. The third-order valence-corrected chi connectivity index (χ3v) is 2.86. The zero-order valence-electron chi connectivity index (χ0n) is 23.7. The van der Waals surface area contributed by atoms with Crippen molar-refractivity contribution in [3.05, 3.63) is 9.48 Å². The van der Waals surface area contributed by atoms with Gasteiger partial charge in [-0.15, -0.1) is 0 Å². The van der Waals surface area contributed by atoms with E-state index in [-0.39, 0.29) is 16.2 Å². The van der Waals surface area contributed by atoms with Crippen LogP contribution >= 0.6 is 27.3 Å². The van der Waals surface area contributed by atoms with Crippen LogP contribution < -0.4 is 4.90 Å². The molecule has 0 saturated carbocycles. The summed E-state index contributed by atoms with van der Waals surface area (Å²) in [6, 6.07) is 0. The highest BCUT2D eigenvalue weighted by molar-refractivity contribution is 9.11. The molecule has 0 unspecified atom stereocenters. The van der Waals surface area contributed by atoms with E-state index in [1.807, 2.05) is 0 Å². The van der Waals surface area contributed by atoms with Gasteiger partial charge in [-0.1, -0.05) is 24.6 Å². The number of rotatable bonds is 5. The summed E-state index contributed by atoms with van der Waals surface area (Å²) < 4.78 is 129. The van der Waals surface area contributed by atoms with Crippen LogP contribution in [0.1, 0.15) is 55.9 Å². The molecule has 0 amide bonds.